The molecule has 0 radical (unpaired) electrons. The number of carbonyl (C=O) groups is 1. The van der Waals surface area contributed by atoms with Gasteiger partial charge in [-0.15, -0.1) is 0 Å². The lowest BCUT2D eigenvalue weighted by atomic mass is 9.74. The van der Waals surface area contributed by atoms with E-state index in [2.05, 4.69) is 0 Å². The molecule has 1 aliphatic carbocycles. The van der Waals surface area contributed by atoms with E-state index in [4.69, 9.17) is 10.5 Å². The van der Waals surface area contributed by atoms with Crippen molar-refractivity contribution in [3.8, 4) is 0 Å². The molecular weight excluding hydrogens is 240 g/mol. The Hall–Kier alpha value is -0.610. The average molecular weight is 268 g/mol. The van der Waals surface area contributed by atoms with Gasteiger partial charge in [-0.3, -0.25) is 4.79 Å². The first kappa shape index (κ1) is 14.8. The number of likely N-dealkylation sites (N-methyl/N-ethyl adjacent to an activating group) is 1. The number of rotatable bonds is 3. The fourth-order valence-electron chi connectivity index (χ4n) is 3.38. The van der Waals surface area contributed by atoms with Crippen molar-refractivity contribution in [2.24, 2.45) is 11.7 Å². The first-order valence-corrected chi connectivity index (χ1v) is 7.66. The Morgan fingerprint density at radius 1 is 1.32 bits per heavy atom. The van der Waals surface area contributed by atoms with E-state index in [0.717, 1.165) is 45.1 Å². The van der Waals surface area contributed by atoms with E-state index in [1.54, 1.807) is 0 Å². The Morgan fingerprint density at radius 2 is 2.05 bits per heavy atom. The lowest BCUT2D eigenvalue weighted by Crippen LogP contribution is -2.54. The minimum atomic E-state index is -0.336. The molecule has 110 valence electrons. The number of nitrogens with two attached hydrogens (primary N) is 1. The van der Waals surface area contributed by atoms with Gasteiger partial charge in [0, 0.05) is 25.7 Å². The van der Waals surface area contributed by atoms with E-state index in [-0.39, 0.29) is 23.5 Å². The number of ether oxygens (including phenoxy) is 1. The third-order valence-corrected chi connectivity index (χ3v) is 4.68. The minimum absolute atomic E-state index is 0.0187. The Balaban J connectivity index is 1.90. The van der Waals surface area contributed by atoms with Gasteiger partial charge in [-0.1, -0.05) is 12.8 Å². The highest BCUT2D eigenvalue weighted by atomic mass is 16.5. The van der Waals surface area contributed by atoms with Gasteiger partial charge in [-0.05, 0) is 39.0 Å². The topological polar surface area (TPSA) is 55.6 Å². The number of amides is 1. The van der Waals surface area contributed by atoms with Crippen LogP contribution in [0.15, 0.2) is 0 Å². The van der Waals surface area contributed by atoms with Gasteiger partial charge in [0.25, 0.3) is 0 Å². The maximum atomic E-state index is 12.6. The van der Waals surface area contributed by atoms with Crippen LogP contribution in [0.1, 0.15) is 51.9 Å². The van der Waals surface area contributed by atoms with Crippen LogP contribution >= 0.6 is 0 Å². The summed E-state index contributed by atoms with van der Waals surface area (Å²) in [7, 11) is 1.89. The predicted molar refractivity (Wildman–Crippen MR) is 75.8 cm³/mol. The van der Waals surface area contributed by atoms with Gasteiger partial charge in [-0.25, -0.2) is 0 Å². The SMILES string of the molecule is CN(CC1CCCCO1)C(=O)C1CCCCC1(C)N. The molecule has 1 saturated carbocycles. The van der Waals surface area contributed by atoms with E-state index in [9.17, 15) is 4.79 Å². The summed E-state index contributed by atoms with van der Waals surface area (Å²) in [5.41, 5.74) is 5.98. The van der Waals surface area contributed by atoms with Gasteiger partial charge in [0.15, 0.2) is 0 Å². The van der Waals surface area contributed by atoms with Gasteiger partial charge in [0.2, 0.25) is 5.91 Å². The highest BCUT2D eigenvalue weighted by Gasteiger charge is 2.39. The van der Waals surface area contributed by atoms with Crippen molar-refractivity contribution in [3.05, 3.63) is 0 Å². The Bertz CT molecular complexity index is 311. The lowest BCUT2D eigenvalue weighted by molar-refractivity contribution is -0.140. The molecule has 1 amide bonds. The van der Waals surface area contributed by atoms with Gasteiger partial charge in [0.05, 0.1) is 12.0 Å². The second-order valence-electron chi connectivity index (χ2n) is 6.51. The van der Waals surface area contributed by atoms with Crippen molar-refractivity contribution >= 4 is 5.91 Å². The van der Waals surface area contributed by atoms with E-state index in [1.165, 1.54) is 6.42 Å². The fourth-order valence-corrected chi connectivity index (χ4v) is 3.38. The molecule has 1 saturated heterocycles. The summed E-state index contributed by atoms with van der Waals surface area (Å²) < 4.78 is 5.71. The summed E-state index contributed by atoms with van der Waals surface area (Å²) in [5.74, 6) is 0.189. The molecule has 4 nitrogen and oxygen atoms in total. The van der Waals surface area contributed by atoms with Crippen molar-refractivity contribution in [2.75, 3.05) is 20.2 Å². The molecule has 0 bridgehead atoms. The normalized spacial score (nSPS) is 35.9. The van der Waals surface area contributed by atoms with Crippen LogP contribution in [-0.2, 0) is 9.53 Å². The average Bonchev–Trinajstić information content (AvgIpc) is 2.38. The van der Waals surface area contributed by atoms with Crippen LogP contribution < -0.4 is 5.73 Å². The molecular formula is C15H28N2O2. The van der Waals surface area contributed by atoms with Crippen LogP contribution in [0.5, 0.6) is 0 Å². The molecule has 0 aromatic rings. The van der Waals surface area contributed by atoms with E-state index >= 15 is 0 Å². The molecule has 1 heterocycles. The number of nitrogens with zero attached hydrogens (tertiary/aromatic N) is 1. The lowest BCUT2D eigenvalue weighted by Gasteiger charge is -2.40. The minimum Gasteiger partial charge on any atom is -0.376 e. The second kappa shape index (κ2) is 6.23. The van der Waals surface area contributed by atoms with E-state index in [1.807, 2.05) is 18.9 Å². The Kier molecular flexibility index (Phi) is 4.85. The maximum absolute atomic E-state index is 12.6. The van der Waals surface area contributed by atoms with Gasteiger partial charge < -0.3 is 15.4 Å². The fraction of sp³-hybridized carbons (Fsp3) is 0.933. The smallest absolute Gasteiger partial charge is 0.227 e. The molecule has 0 spiro atoms. The van der Waals surface area contributed by atoms with Gasteiger partial charge in [0.1, 0.15) is 0 Å². The van der Waals surface area contributed by atoms with Crippen LogP contribution in [-0.4, -0.2) is 42.6 Å². The molecule has 2 aliphatic rings. The highest BCUT2D eigenvalue weighted by Crippen LogP contribution is 2.32. The summed E-state index contributed by atoms with van der Waals surface area (Å²) in [5, 5.41) is 0. The summed E-state index contributed by atoms with van der Waals surface area (Å²) in [6, 6.07) is 0. The first-order valence-electron chi connectivity index (χ1n) is 7.66. The molecule has 3 atom stereocenters. The van der Waals surface area contributed by atoms with E-state index in [0.29, 0.717) is 6.54 Å². The third-order valence-electron chi connectivity index (χ3n) is 4.68. The molecule has 1 aliphatic heterocycles. The molecule has 0 aromatic heterocycles. The number of carbonyl (C=O) groups excluding carboxylic acids is 1. The maximum Gasteiger partial charge on any atom is 0.227 e. The van der Waals surface area contributed by atoms with Crippen LogP contribution in [0.25, 0.3) is 0 Å². The summed E-state index contributed by atoms with van der Waals surface area (Å²) in [6.07, 6.45) is 7.81. The van der Waals surface area contributed by atoms with Crippen molar-refractivity contribution in [3.63, 3.8) is 0 Å². The standard InChI is InChI=1S/C15H28N2O2/c1-15(16)9-5-3-8-13(15)14(18)17(2)11-12-7-4-6-10-19-12/h12-13H,3-11,16H2,1-2H3. The molecule has 2 rings (SSSR count). The first-order chi connectivity index (χ1) is 9.00. The molecule has 2 fully saturated rings. The van der Waals surface area contributed by atoms with Gasteiger partial charge in [-0.2, -0.15) is 0 Å². The monoisotopic (exact) mass is 268 g/mol. The van der Waals surface area contributed by atoms with Crippen molar-refractivity contribution < 1.29 is 9.53 Å². The molecule has 19 heavy (non-hydrogen) atoms. The second-order valence-corrected chi connectivity index (χ2v) is 6.51. The van der Waals surface area contributed by atoms with Crippen LogP contribution in [0.4, 0.5) is 0 Å². The molecule has 2 N–H and O–H groups in total. The highest BCUT2D eigenvalue weighted by molar-refractivity contribution is 5.80. The zero-order valence-electron chi connectivity index (χ0n) is 12.4. The van der Waals surface area contributed by atoms with Crippen LogP contribution in [0, 0.1) is 5.92 Å². The van der Waals surface area contributed by atoms with Gasteiger partial charge >= 0.3 is 0 Å². The third kappa shape index (κ3) is 3.69. The molecule has 3 unspecified atom stereocenters. The zero-order chi connectivity index (χ0) is 13.9. The number of hydrogen-bond donors (Lipinski definition) is 1. The van der Waals surface area contributed by atoms with Crippen molar-refractivity contribution in [1.29, 1.82) is 0 Å². The Labute approximate surface area is 116 Å². The van der Waals surface area contributed by atoms with Crippen molar-refractivity contribution in [1.82, 2.24) is 4.90 Å². The van der Waals surface area contributed by atoms with Crippen molar-refractivity contribution in [2.45, 2.75) is 63.5 Å². The van der Waals surface area contributed by atoms with E-state index < -0.39 is 0 Å². The summed E-state index contributed by atoms with van der Waals surface area (Å²) in [4.78, 5) is 14.4. The quantitative estimate of drug-likeness (QED) is 0.851. The van der Waals surface area contributed by atoms with Crippen LogP contribution in [0.3, 0.4) is 0 Å². The summed E-state index contributed by atoms with van der Waals surface area (Å²) in [6.45, 7) is 3.58. The predicted octanol–water partition coefficient (Wildman–Crippen LogP) is 1.92. The molecule has 0 aromatic carbocycles. The summed E-state index contributed by atoms with van der Waals surface area (Å²) >= 11 is 0. The molecule has 4 heteroatoms. The van der Waals surface area contributed by atoms with Crippen LogP contribution in [0.2, 0.25) is 0 Å². The zero-order valence-corrected chi connectivity index (χ0v) is 12.4. The Morgan fingerprint density at radius 3 is 2.68 bits per heavy atom. The largest absolute Gasteiger partial charge is 0.376 e. The number of hydrogen-bond acceptors (Lipinski definition) is 3.